The smallest absolute Gasteiger partial charge is 0.0669 e. The third kappa shape index (κ3) is 2.06. The highest BCUT2D eigenvalue weighted by Gasteiger charge is 2.48. The van der Waals surface area contributed by atoms with Gasteiger partial charge in [0.05, 0.1) is 30.6 Å². The predicted octanol–water partition coefficient (Wildman–Crippen LogP) is 3.40. The molecule has 1 atom stereocenters. The SMILES string of the molecule is CC(C)C(C#N)C1(c2cccc(Cl)c2)COC1. The summed E-state index contributed by atoms with van der Waals surface area (Å²) in [5.41, 5.74) is 0.949. The van der Waals surface area contributed by atoms with Gasteiger partial charge in [0.2, 0.25) is 0 Å². The van der Waals surface area contributed by atoms with Crippen LogP contribution < -0.4 is 0 Å². The fourth-order valence-corrected chi connectivity index (χ4v) is 2.75. The van der Waals surface area contributed by atoms with Gasteiger partial charge in [-0.3, -0.25) is 0 Å². The third-order valence-electron chi connectivity index (χ3n) is 3.52. The lowest BCUT2D eigenvalue weighted by molar-refractivity contribution is -0.0876. The molecule has 90 valence electrons. The number of rotatable bonds is 3. The largest absolute Gasteiger partial charge is 0.379 e. The normalized spacial score (nSPS) is 19.5. The molecule has 1 fully saturated rings. The van der Waals surface area contributed by atoms with Crippen LogP contribution in [0.4, 0.5) is 0 Å². The molecule has 1 aliphatic rings. The average molecular weight is 250 g/mol. The number of halogens is 1. The van der Waals surface area contributed by atoms with Crippen LogP contribution in [0.3, 0.4) is 0 Å². The van der Waals surface area contributed by atoms with Gasteiger partial charge in [0.15, 0.2) is 0 Å². The van der Waals surface area contributed by atoms with Crippen molar-refractivity contribution in [3.8, 4) is 6.07 Å². The van der Waals surface area contributed by atoms with Crippen LogP contribution in [0.2, 0.25) is 5.02 Å². The Labute approximate surface area is 107 Å². The molecule has 1 heterocycles. The Morgan fingerprint density at radius 2 is 2.12 bits per heavy atom. The molecule has 0 spiro atoms. The molecule has 0 N–H and O–H groups in total. The first-order valence-electron chi connectivity index (χ1n) is 5.83. The average Bonchev–Trinajstić information content (AvgIpc) is 2.22. The van der Waals surface area contributed by atoms with Crippen molar-refractivity contribution in [1.29, 1.82) is 5.26 Å². The van der Waals surface area contributed by atoms with E-state index >= 15 is 0 Å². The van der Waals surface area contributed by atoms with Crippen molar-refractivity contribution in [2.24, 2.45) is 11.8 Å². The molecule has 1 aromatic rings. The van der Waals surface area contributed by atoms with Crippen LogP contribution in [0, 0.1) is 23.2 Å². The van der Waals surface area contributed by atoms with Crippen LogP contribution in [0.5, 0.6) is 0 Å². The van der Waals surface area contributed by atoms with Gasteiger partial charge in [-0.25, -0.2) is 0 Å². The van der Waals surface area contributed by atoms with Crippen molar-refractivity contribution < 1.29 is 4.74 Å². The molecule has 2 nitrogen and oxygen atoms in total. The summed E-state index contributed by atoms with van der Waals surface area (Å²) in [5.74, 6) is 0.276. The summed E-state index contributed by atoms with van der Waals surface area (Å²) in [6.07, 6.45) is 0. The number of ether oxygens (including phenoxy) is 1. The van der Waals surface area contributed by atoms with E-state index < -0.39 is 0 Å². The first-order valence-corrected chi connectivity index (χ1v) is 6.21. The molecule has 1 aromatic carbocycles. The topological polar surface area (TPSA) is 33.0 Å². The van der Waals surface area contributed by atoms with Crippen molar-refractivity contribution in [2.45, 2.75) is 19.3 Å². The van der Waals surface area contributed by atoms with E-state index in [0.717, 1.165) is 5.56 Å². The van der Waals surface area contributed by atoms with Gasteiger partial charge in [0.25, 0.3) is 0 Å². The zero-order chi connectivity index (χ0) is 12.5. The van der Waals surface area contributed by atoms with E-state index in [1.807, 2.05) is 24.3 Å². The molecule has 17 heavy (non-hydrogen) atoms. The lowest BCUT2D eigenvalue weighted by Crippen LogP contribution is -2.53. The van der Waals surface area contributed by atoms with Crippen LogP contribution >= 0.6 is 11.6 Å². The Kier molecular flexibility index (Phi) is 3.42. The summed E-state index contributed by atoms with van der Waals surface area (Å²) in [6.45, 7) is 5.39. The van der Waals surface area contributed by atoms with Gasteiger partial charge in [0.1, 0.15) is 0 Å². The Morgan fingerprint density at radius 3 is 2.53 bits per heavy atom. The molecule has 0 radical (unpaired) electrons. The van der Waals surface area contributed by atoms with Crippen LogP contribution in [0.25, 0.3) is 0 Å². The molecule has 1 saturated heterocycles. The quantitative estimate of drug-likeness (QED) is 0.823. The van der Waals surface area contributed by atoms with Gasteiger partial charge in [-0.2, -0.15) is 5.26 Å². The minimum absolute atomic E-state index is 0.0327. The standard InChI is InChI=1S/C14H16ClNO/c1-10(2)13(7-16)14(8-17-9-14)11-4-3-5-12(15)6-11/h3-6,10,13H,8-9H2,1-2H3. The molecular formula is C14H16ClNO. The van der Waals surface area contributed by atoms with Crippen molar-refractivity contribution in [3.63, 3.8) is 0 Å². The summed E-state index contributed by atoms with van der Waals surface area (Å²) in [6, 6.07) is 10.2. The molecule has 0 aliphatic carbocycles. The van der Waals surface area contributed by atoms with E-state index in [9.17, 15) is 5.26 Å². The van der Waals surface area contributed by atoms with E-state index in [2.05, 4.69) is 19.9 Å². The molecule has 1 aliphatic heterocycles. The van der Waals surface area contributed by atoms with Crippen LogP contribution in [0.1, 0.15) is 19.4 Å². The maximum atomic E-state index is 9.39. The summed E-state index contributed by atoms with van der Waals surface area (Å²) >= 11 is 6.04. The van der Waals surface area contributed by atoms with Crippen molar-refractivity contribution in [3.05, 3.63) is 34.9 Å². The van der Waals surface area contributed by atoms with E-state index in [1.54, 1.807) is 0 Å². The Bertz CT molecular complexity index is 446. The molecule has 1 unspecified atom stereocenters. The zero-order valence-electron chi connectivity index (χ0n) is 10.1. The van der Waals surface area contributed by atoms with Crippen LogP contribution in [0.15, 0.2) is 24.3 Å². The van der Waals surface area contributed by atoms with Crippen LogP contribution in [-0.4, -0.2) is 13.2 Å². The zero-order valence-corrected chi connectivity index (χ0v) is 10.9. The lowest BCUT2D eigenvalue weighted by Gasteiger charge is -2.46. The second-order valence-corrected chi connectivity index (χ2v) is 5.45. The Morgan fingerprint density at radius 1 is 1.41 bits per heavy atom. The van der Waals surface area contributed by atoms with Crippen molar-refractivity contribution in [2.75, 3.05) is 13.2 Å². The Hall–Kier alpha value is -1.04. The molecule has 0 aromatic heterocycles. The van der Waals surface area contributed by atoms with Gasteiger partial charge in [-0.05, 0) is 23.6 Å². The summed E-state index contributed by atoms with van der Waals surface area (Å²) in [7, 11) is 0. The number of nitrogens with zero attached hydrogens (tertiary/aromatic N) is 1. The van der Waals surface area contributed by atoms with E-state index in [0.29, 0.717) is 24.2 Å². The highest BCUT2D eigenvalue weighted by molar-refractivity contribution is 6.30. The summed E-state index contributed by atoms with van der Waals surface area (Å²) < 4.78 is 5.37. The van der Waals surface area contributed by atoms with Gasteiger partial charge in [-0.15, -0.1) is 0 Å². The van der Waals surface area contributed by atoms with Crippen molar-refractivity contribution >= 4 is 11.6 Å². The highest BCUT2D eigenvalue weighted by Crippen LogP contribution is 2.43. The molecule has 0 bridgehead atoms. The number of benzene rings is 1. The predicted molar refractivity (Wildman–Crippen MR) is 67.9 cm³/mol. The monoisotopic (exact) mass is 249 g/mol. The van der Waals surface area contributed by atoms with Crippen LogP contribution in [-0.2, 0) is 10.2 Å². The number of hydrogen-bond donors (Lipinski definition) is 0. The fourth-order valence-electron chi connectivity index (χ4n) is 2.56. The first-order chi connectivity index (χ1) is 8.10. The number of hydrogen-bond acceptors (Lipinski definition) is 2. The van der Waals surface area contributed by atoms with Gasteiger partial charge < -0.3 is 4.74 Å². The van der Waals surface area contributed by atoms with E-state index in [1.165, 1.54) is 0 Å². The van der Waals surface area contributed by atoms with Gasteiger partial charge >= 0.3 is 0 Å². The van der Waals surface area contributed by atoms with Gasteiger partial charge in [-0.1, -0.05) is 37.6 Å². The molecule has 3 heteroatoms. The fraction of sp³-hybridized carbons (Fsp3) is 0.500. The summed E-state index contributed by atoms with van der Waals surface area (Å²) in [4.78, 5) is 0. The number of nitriles is 1. The lowest BCUT2D eigenvalue weighted by atomic mass is 9.65. The molecule has 0 saturated carbocycles. The minimum atomic E-state index is -0.173. The maximum absolute atomic E-state index is 9.39. The summed E-state index contributed by atoms with van der Waals surface area (Å²) in [5, 5.41) is 10.1. The Balaban J connectivity index is 2.41. The second-order valence-electron chi connectivity index (χ2n) is 5.01. The molecule has 0 amide bonds. The minimum Gasteiger partial charge on any atom is -0.379 e. The second kappa shape index (κ2) is 4.68. The van der Waals surface area contributed by atoms with Crippen molar-refractivity contribution in [1.82, 2.24) is 0 Å². The third-order valence-corrected chi connectivity index (χ3v) is 3.75. The first kappa shape index (κ1) is 12.4. The molecular weight excluding hydrogens is 234 g/mol. The van der Waals surface area contributed by atoms with Gasteiger partial charge in [0, 0.05) is 5.02 Å². The maximum Gasteiger partial charge on any atom is 0.0669 e. The molecule has 2 rings (SSSR count). The highest BCUT2D eigenvalue weighted by atomic mass is 35.5. The van der Waals surface area contributed by atoms with E-state index in [4.69, 9.17) is 16.3 Å². The van der Waals surface area contributed by atoms with E-state index in [-0.39, 0.29) is 11.3 Å².